The van der Waals surface area contributed by atoms with Crippen molar-refractivity contribution in [3.8, 4) is 0 Å². The molecule has 4 nitrogen and oxygen atoms in total. The van der Waals surface area contributed by atoms with Gasteiger partial charge in [-0.2, -0.15) is 0 Å². The van der Waals surface area contributed by atoms with Gasteiger partial charge in [0.2, 0.25) is 0 Å². The van der Waals surface area contributed by atoms with E-state index in [0.29, 0.717) is 12.5 Å². The van der Waals surface area contributed by atoms with Crippen molar-refractivity contribution in [1.29, 1.82) is 0 Å². The number of hydrogen-bond acceptors (Lipinski definition) is 4. The van der Waals surface area contributed by atoms with Gasteiger partial charge in [-0.3, -0.25) is 4.79 Å². The highest BCUT2D eigenvalue weighted by atomic mass is 16.5. The molecule has 1 saturated carbocycles. The quantitative estimate of drug-likeness (QED) is 0.697. The van der Waals surface area contributed by atoms with Crippen molar-refractivity contribution in [1.82, 2.24) is 10.2 Å². The first-order chi connectivity index (χ1) is 8.74. The highest BCUT2D eigenvalue weighted by Crippen LogP contribution is 2.31. The van der Waals surface area contributed by atoms with Crippen LogP contribution in [0.3, 0.4) is 0 Å². The third kappa shape index (κ3) is 3.69. The van der Waals surface area contributed by atoms with Crippen LogP contribution in [0.25, 0.3) is 0 Å². The molecule has 0 aromatic rings. The molecular formula is C14H26N2O2. The summed E-state index contributed by atoms with van der Waals surface area (Å²) in [6.07, 6.45) is 4.85. The second-order valence-corrected chi connectivity index (χ2v) is 5.50. The number of carbonyl (C=O) groups is 1. The van der Waals surface area contributed by atoms with E-state index in [-0.39, 0.29) is 12.0 Å². The first-order valence-electron chi connectivity index (χ1n) is 7.38. The molecule has 1 saturated heterocycles. The Balaban J connectivity index is 1.68. The lowest BCUT2D eigenvalue weighted by molar-refractivity contribution is -0.145. The minimum Gasteiger partial charge on any atom is -0.465 e. The molecule has 2 atom stereocenters. The number of ether oxygens (including phenoxy) is 1. The molecule has 2 unspecified atom stereocenters. The number of rotatable bonds is 7. The zero-order valence-electron chi connectivity index (χ0n) is 11.7. The van der Waals surface area contributed by atoms with Crippen LogP contribution in [0.2, 0.25) is 0 Å². The van der Waals surface area contributed by atoms with Crippen LogP contribution in [-0.2, 0) is 9.53 Å². The fraction of sp³-hybridized carbons (Fsp3) is 0.929. The van der Waals surface area contributed by atoms with Gasteiger partial charge in [0.05, 0.1) is 6.61 Å². The molecule has 0 aromatic carbocycles. The van der Waals surface area contributed by atoms with E-state index in [0.717, 1.165) is 19.0 Å². The average molecular weight is 254 g/mol. The molecule has 2 aliphatic rings. The first-order valence-corrected chi connectivity index (χ1v) is 7.38. The SMILES string of the molecule is CCOC(=O)C(CC)NCC1CCN(C2CC2)C1. The second-order valence-electron chi connectivity index (χ2n) is 5.50. The Kier molecular flexibility index (Phi) is 5.01. The lowest BCUT2D eigenvalue weighted by Crippen LogP contribution is -2.40. The van der Waals surface area contributed by atoms with E-state index >= 15 is 0 Å². The van der Waals surface area contributed by atoms with E-state index in [1.54, 1.807) is 0 Å². The van der Waals surface area contributed by atoms with E-state index in [9.17, 15) is 4.79 Å². The van der Waals surface area contributed by atoms with Crippen molar-refractivity contribution in [2.24, 2.45) is 5.92 Å². The summed E-state index contributed by atoms with van der Waals surface area (Å²) in [4.78, 5) is 14.3. The van der Waals surface area contributed by atoms with E-state index in [1.807, 2.05) is 13.8 Å². The maximum absolute atomic E-state index is 11.7. The maximum atomic E-state index is 11.7. The molecule has 1 aliphatic heterocycles. The van der Waals surface area contributed by atoms with Gasteiger partial charge in [-0.25, -0.2) is 0 Å². The van der Waals surface area contributed by atoms with Crippen LogP contribution in [0, 0.1) is 5.92 Å². The molecule has 1 aliphatic carbocycles. The van der Waals surface area contributed by atoms with Gasteiger partial charge in [0.1, 0.15) is 6.04 Å². The molecule has 0 spiro atoms. The van der Waals surface area contributed by atoms with Gasteiger partial charge < -0.3 is 15.0 Å². The number of nitrogens with zero attached hydrogens (tertiary/aromatic N) is 1. The Morgan fingerprint density at radius 3 is 2.78 bits per heavy atom. The standard InChI is InChI=1S/C14H26N2O2/c1-3-13(14(17)18-4-2)15-9-11-7-8-16(10-11)12-5-6-12/h11-13,15H,3-10H2,1-2H3. The van der Waals surface area contributed by atoms with E-state index in [1.165, 1.54) is 32.4 Å². The van der Waals surface area contributed by atoms with Gasteiger partial charge in [0, 0.05) is 19.1 Å². The summed E-state index contributed by atoms with van der Waals surface area (Å²) in [5.74, 6) is 0.603. The third-order valence-corrected chi connectivity index (χ3v) is 4.01. The number of esters is 1. The Morgan fingerprint density at radius 1 is 1.39 bits per heavy atom. The smallest absolute Gasteiger partial charge is 0.323 e. The Bertz CT molecular complexity index is 279. The number of hydrogen-bond donors (Lipinski definition) is 1. The Hall–Kier alpha value is -0.610. The average Bonchev–Trinajstić information content (AvgIpc) is 3.11. The summed E-state index contributed by atoms with van der Waals surface area (Å²) < 4.78 is 5.07. The maximum Gasteiger partial charge on any atom is 0.323 e. The van der Waals surface area contributed by atoms with Crippen molar-refractivity contribution >= 4 is 5.97 Å². The predicted octanol–water partition coefficient (Wildman–Crippen LogP) is 1.40. The predicted molar refractivity (Wildman–Crippen MR) is 71.4 cm³/mol. The van der Waals surface area contributed by atoms with Crippen molar-refractivity contribution in [2.45, 2.75) is 51.6 Å². The molecular weight excluding hydrogens is 228 g/mol. The summed E-state index contributed by atoms with van der Waals surface area (Å²) in [7, 11) is 0. The van der Waals surface area contributed by atoms with Crippen molar-refractivity contribution in [3.05, 3.63) is 0 Å². The molecule has 1 heterocycles. The van der Waals surface area contributed by atoms with Crippen LogP contribution < -0.4 is 5.32 Å². The number of carbonyl (C=O) groups excluding carboxylic acids is 1. The van der Waals surface area contributed by atoms with Gasteiger partial charge in [-0.1, -0.05) is 6.92 Å². The van der Waals surface area contributed by atoms with Crippen molar-refractivity contribution in [3.63, 3.8) is 0 Å². The Labute approximate surface area is 110 Å². The molecule has 0 amide bonds. The minimum atomic E-state index is -0.125. The van der Waals surface area contributed by atoms with Crippen LogP contribution >= 0.6 is 0 Å². The van der Waals surface area contributed by atoms with Crippen LogP contribution in [0.4, 0.5) is 0 Å². The summed E-state index contributed by atoms with van der Waals surface area (Å²) in [6, 6.07) is 0.752. The molecule has 104 valence electrons. The molecule has 2 rings (SSSR count). The summed E-state index contributed by atoms with van der Waals surface area (Å²) in [5, 5.41) is 3.37. The van der Waals surface area contributed by atoms with Gasteiger partial charge >= 0.3 is 5.97 Å². The zero-order valence-corrected chi connectivity index (χ0v) is 11.7. The lowest BCUT2D eigenvalue weighted by atomic mass is 10.1. The normalized spacial score (nSPS) is 26.2. The van der Waals surface area contributed by atoms with Crippen LogP contribution in [0.15, 0.2) is 0 Å². The molecule has 18 heavy (non-hydrogen) atoms. The molecule has 0 aromatic heterocycles. The second kappa shape index (κ2) is 6.53. The molecule has 4 heteroatoms. The van der Waals surface area contributed by atoms with E-state index in [2.05, 4.69) is 10.2 Å². The largest absolute Gasteiger partial charge is 0.465 e. The van der Waals surface area contributed by atoms with Crippen molar-refractivity contribution < 1.29 is 9.53 Å². The van der Waals surface area contributed by atoms with Crippen LogP contribution in [0.1, 0.15) is 39.5 Å². The first kappa shape index (κ1) is 13.8. The molecule has 0 radical (unpaired) electrons. The molecule has 2 fully saturated rings. The summed E-state index contributed by atoms with van der Waals surface area (Å²) in [6.45, 7) is 7.75. The molecule has 1 N–H and O–H groups in total. The van der Waals surface area contributed by atoms with Gasteiger partial charge in [-0.15, -0.1) is 0 Å². The highest BCUT2D eigenvalue weighted by molar-refractivity contribution is 5.75. The van der Waals surface area contributed by atoms with Crippen molar-refractivity contribution in [2.75, 3.05) is 26.2 Å². The highest BCUT2D eigenvalue weighted by Gasteiger charge is 2.34. The monoisotopic (exact) mass is 254 g/mol. The van der Waals surface area contributed by atoms with Crippen LogP contribution in [-0.4, -0.2) is 49.2 Å². The summed E-state index contributed by atoms with van der Waals surface area (Å²) in [5.41, 5.74) is 0. The van der Waals surface area contributed by atoms with Gasteiger partial charge in [-0.05, 0) is 45.1 Å². The number of likely N-dealkylation sites (tertiary alicyclic amines) is 1. The minimum absolute atomic E-state index is 0.1000. The fourth-order valence-corrected chi connectivity index (χ4v) is 2.75. The summed E-state index contributed by atoms with van der Waals surface area (Å²) >= 11 is 0. The van der Waals surface area contributed by atoms with Crippen LogP contribution in [0.5, 0.6) is 0 Å². The molecule has 0 bridgehead atoms. The van der Waals surface area contributed by atoms with E-state index < -0.39 is 0 Å². The van der Waals surface area contributed by atoms with E-state index in [4.69, 9.17) is 4.74 Å². The lowest BCUT2D eigenvalue weighted by Gasteiger charge is -2.19. The number of nitrogens with one attached hydrogen (secondary N) is 1. The third-order valence-electron chi connectivity index (χ3n) is 4.01. The van der Waals surface area contributed by atoms with Gasteiger partial charge in [0.15, 0.2) is 0 Å². The zero-order chi connectivity index (χ0) is 13.0. The fourth-order valence-electron chi connectivity index (χ4n) is 2.75. The topological polar surface area (TPSA) is 41.6 Å². The van der Waals surface area contributed by atoms with Gasteiger partial charge in [0.25, 0.3) is 0 Å². The Morgan fingerprint density at radius 2 is 2.17 bits per heavy atom.